The van der Waals surface area contributed by atoms with Gasteiger partial charge in [0.2, 0.25) is 5.90 Å². The standard InChI is InChI=1S/C21H21NO4/c1-25-20(24)18-21(15-10-6-3-7-11-15)13-16(23)12-17(21)26-19(22-18)14-8-4-2-5-9-14/h2-11,16-18,23H,12-13H2,1H3. The summed E-state index contributed by atoms with van der Waals surface area (Å²) in [6.07, 6.45) is -0.0456. The minimum atomic E-state index is -0.763. The number of esters is 1. The smallest absolute Gasteiger partial charge is 0.331 e. The summed E-state index contributed by atoms with van der Waals surface area (Å²) in [5, 5.41) is 10.4. The second kappa shape index (κ2) is 6.57. The highest BCUT2D eigenvalue weighted by Gasteiger charge is 2.60. The van der Waals surface area contributed by atoms with Gasteiger partial charge in [0, 0.05) is 12.0 Å². The first-order valence-electron chi connectivity index (χ1n) is 8.76. The van der Waals surface area contributed by atoms with Gasteiger partial charge in [-0.25, -0.2) is 9.79 Å². The molecule has 0 radical (unpaired) electrons. The topological polar surface area (TPSA) is 68.1 Å². The molecule has 1 saturated carbocycles. The van der Waals surface area contributed by atoms with Gasteiger partial charge in [0.25, 0.3) is 0 Å². The van der Waals surface area contributed by atoms with E-state index < -0.39 is 23.5 Å². The van der Waals surface area contributed by atoms with Crippen LogP contribution in [0.3, 0.4) is 0 Å². The quantitative estimate of drug-likeness (QED) is 0.863. The van der Waals surface area contributed by atoms with Gasteiger partial charge in [-0.2, -0.15) is 0 Å². The summed E-state index contributed by atoms with van der Waals surface area (Å²) >= 11 is 0. The molecule has 2 aromatic carbocycles. The van der Waals surface area contributed by atoms with E-state index in [0.717, 1.165) is 11.1 Å². The van der Waals surface area contributed by atoms with Crippen LogP contribution < -0.4 is 0 Å². The molecule has 1 fully saturated rings. The Morgan fingerprint density at radius 3 is 2.46 bits per heavy atom. The van der Waals surface area contributed by atoms with Crippen LogP contribution in [0.5, 0.6) is 0 Å². The maximum Gasteiger partial charge on any atom is 0.331 e. The third-order valence-corrected chi connectivity index (χ3v) is 5.38. The number of methoxy groups -OCH3 is 1. The van der Waals surface area contributed by atoms with Crippen LogP contribution in [0, 0.1) is 0 Å². The van der Waals surface area contributed by atoms with Crippen molar-refractivity contribution < 1.29 is 19.4 Å². The predicted octanol–water partition coefficient (Wildman–Crippen LogP) is 2.47. The number of nitrogens with zero attached hydrogens (tertiary/aromatic N) is 1. The lowest BCUT2D eigenvalue weighted by Crippen LogP contribution is -2.54. The van der Waals surface area contributed by atoms with E-state index in [0.29, 0.717) is 18.7 Å². The average Bonchev–Trinajstić information content (AvgIpc) is 3.04. The van der Waals surface area contributed by atoms with Gasteiger partial charge in [-0.1, -0.05) is 48.5 Å². The molecule has 1 heterocycles. The Morgan fingerprint density at radius 2 is 1.81 bits per heavy atom. The van der Waals surface area contributed by atoms with Crippen molar-refractivity contribution in [1.29, 1.82) is 0 Å². The molecule has 2 aliphatic rings. The number of hydrogen-bond donors (Lipinski definition) is 1. The number of fused-ring (bicyclic) bond motifs is 1. The highest BCUT2D eigenvalue weighted by Crippen LogP contribution is 2.49. The minimum Gasteiger partial charge on any atom is -0.473 e. The number of hydrogen-bond acceptors (Lipinski definition) is 5. The largest absolute Gasteiger partial charge is 0.473 e. The van der Waals surface area contributed by atoms with Gasteiger partial charge in [-0.3, -0.25) is 0 Å². The second-order valence-corrected chi connectivity index (χ2v) is 6.83. The molecule has 0 amide bonds. The Balaban J connectivity index is 1.87. The third kappa shape index (κ3) is 2.59. The highest BCUT2D eigenvalue weighted by atomic mass is 16.5. The fourth-order valence-electron chi connectivity index (χ4n) is 4.21. The molecular formula is C21H21NO4. The van der Waals surface area contributed by atoms with Crippen molar-refractivity contribution in [3.63, 3.8) is 0 Å². The van der Waals surface area contributed by atoms with Crippen LogP contribution in [0.1, 0.15) is 24.0 Å². The first-order chi connectivity index (χ1) is 12.6. The fourth-order valence-corrected chi connectivity index (χ4v) is 4.21. The Kier molecular flexibility index (Phi) is 4.24. The van der Waals surface area contributed by atoms with Crippen LogP contribution in [0.25, 0.3) is 0 Å². The third-order valence-electron chi connectivity index (χ3n) is 5.38. The number of ether oxygens (including phenoxy) is 2. The molecule has 0 spiro atoms. The monoisotopic (exact) mass is 351 g/mol. The molecule has 134 valence electrons. The molecule has 1 N–H and O–H groups in total. The number of benzene rings is 2. The number of aliphatic hydroxyl groups is 1. The van der Waals surface area contributed by atoms with Crippen LogP contribution in [-0.2, 0) is 19.7 Å². The number of aliphatic hydroxyl groups excluding tert-OH is 1. The fraction of sp³-hybridized carbons (Fsp3) is 0.333. The van der Waals surface area contributed by atoms with Crippen molar-refractivity contribution in [3.8, 4) is 0 Å². The van der Waals surface area contributed by atoms with E-state index in [1.807, 2.05) is 60.7 Å². The first-order valence-corrected chi connectivity index (χ1v) is 8.76. The van der Waals surface area contributed by atoms with E-state index in [1.165, 1.54) is 7.11 Å². The lowest BCUT2D eigenvalue weighted by Gasteiger charge is -2.42. The van der Waals surface area contributed by atoms with Crippen LogP contribution in [-0.4, -0.2) is 42.3 Å². The summed E-state index contributed by atoms with van der Waals surface area (Å²) in [7, 11) is 1.37. The Bertz CT molecular complexity index is 820. The molecule has 0 saturated heterocycles. The minimum absolute atomic E-state index is 0.350. The molecule has 4 unspecified atom stereocenters. The lowest BCUT2D eigenvalue weighted by molar-refractivity contribution is -0.145. The second-order valence-electron chi connectivity index (χ2n) is 6.83. The zero-order valence-electron chi connectivity index (χ0n) is 14.5. The molecule has 1 aliphatic heterocycles. The number of carbonyl (C=O) groups is 1. The van der Waals surface area contributed by atoms with Gasteiger partial charge in [-0.15, -0.1) is 0 Å². The molecule has 1 aliphatic carbocycles. The molecular weight excluding hydrogens is 330 g/mol. The number of rotatable bonds is 3. The van der Waals surface area contributed by atoms with Crippen molar-refractivity contribution in [1.82, 2.24) is 0 Å². The normalized spacial score (nSPS) is 30.1. The van der Waals surface area contributed by atoms with Gasteiger partial charge in [-0.05, 0) is 24.1 Å². The molecule has 2 aromatic rings. The predicted molar refractivity (Wildman–Crippen MR) is 97.0 cm³/mol. The molecule has 4 atom stereocenters. The van der Waals surface area contributed by atoms with Crippen molar-refractivity contribution >= 4 is 11.9 Å². The van der Waals surface area contributed by atoms with E-state index in [4.69, 9.17) is 9.47 Å². The van der Waals surface area contributed by atoms with Crippen molar-refractivity contribution in [3.05, 3.63) is 71.8 Å². The zero-order valence-corrected chi connectivity index (χ0v) is 14.5. The summed E-state index contributed by atoms with van der Waals surface area (Å²) in [6.45, 7) is 0. The van der Waals surface area contributed by atoms with E-state index in [1.54, 1.807) is 0 Å². The maximum atomic E-state index is 12.7. The molecule has 5 heteroatoms. The molecule has 0 bridgehead atoms. The van der Waals surface area contributed by atoms with Gasteiger partial charge >= 0.3 is 5.97 Å². The maximum absolute atomic E-state index is 12.7. The zero-order chi connectivity index (χ0) is 18.1. The molecule has 0 aromatic heterocycles. The average molecular weight is 351 g/mol. The highest BCUT2D eigenvalue weighted by molar-refractivity contribution is 5.97. The summed E-state index contributed by atoms with van der Waals surface area (Å²) in [5.74, 6) is 0.0105. The summed E-state index contributed by atoms with van der Waals surface area (Å²) in [5.41, 5.74) is 1.02. The SMILES string of the molecule is COC(=O)C1N=C(c2ccccc2)OC2CC(O)CC21c1ccccc1. The van der Waals surface area contributed by atoms with E-state index in [2.05, 4.69) is 4.99 Å². The Hall–Kier alpha value is -2.66. The van der Waals surface area contributed by atoms with E-state index in [9.17, 15) is 9.90 Å². The van der Waals surface area contributed by atoms with Gasteiger partial charge in [0.15, 0.2) is 6.04 Å². The van der Waals surface area contributed by atoms with Crippen LogP contribution in [0.15, 0.2) is 65.7 Å². The van der Waals surface area contributed by atoms with Crippen LogP contribution in [0.2, 0.25) is 0 Å². The van der Waals surface area contributed by atoms with Gasteiger partial charge in [0.1, 0.15) is 6.10 Å². The summed E-state index contributed by atoms with van der Waals surface area (Å²) < 4.78 is 11.3. The molecule has 4 rings (SSSR count). The van der Waals surface area contributed by atoms with Gasteiger partial charge < -0.3 is 14.6 Å². The lowest BCUT2D eigenvalue weighted by atomic mass is 9.70. The van der Waals surface area contributed by atoms with Crippen molar-refractivity contribution in [2.24, 2.45) is 4.99 Å². The first kappa shape index (κ1) is 16.8. The Morgan fingerprint density at radius 1 is 1.15 bits per heavy atom. The van der Waals surface area contributed by atoms with Crippen LogP contribution in [0.4, 0.5) is 0 Å². The van der Waals surface area contributed by atoms with E-state index in [-0.39, 0.29) is 6.10 Å². The Labute approximate surface area is 152 Å². The van der Waals surface area contributed by atoms with Crippen LogP contribution >= 0.6 is 0 Å². The summed E-state index contributed by atoms with van der Waals surface area (Å²) in [4.78, 5) is 17.4. The van der Waals surface area contributed by atoms with E-state index >= 15 is 0 Å². The summed E-state index contributed by atoms with van der Waals surface area (Å²) in [6, 6.07) is 18.5. The molecule has 26 heavy (non-hydrogen) atoms. The van der Waals surface area contributed by atoms with Gasteiger partial charge in [0.05, 0.1) is 18.6 Å². The van der Waals surface area contributed by atoms with Crippen molar-refractivity contribution in [2.75, 3.05) is 7.11 Å². The number of aliphatic imine (C=N–C) groups is 1. The number of carbonyl (C=O) groups excluding carboxylic acids is 1. The van der Waals surface area contributed by atoms with Crippen molar-refractivity contribution in [2.45, 2.75) is 36.5 Å². The molecule has 5 nitrogen and oxygen atoms in total.